The van der Waals surface area contributed by atoms with Crippen LogP contribution in [0.3, 0.4) is 0 Å². The standard InChI is InChI=1S/C2H6OS.CN.K/c1-4(2)3;1-2;/h1-2H3;;. The molecule has 7 heavy (non-hydrogen) atoms. The molecule has 0 aromatic heterocycles. The Balaban J connectivity index is 0. The van der Waals surface area contributed by atoms with Crippen molar-refractivity contribution in [3.63, 3.8) is 0 Å². The fourth-order valence-electron chi connectivity index (χ4n) is 0. The summed E-state index contributed by atoms with van der Waals surface area (Å²) in [6, 6.07) is 0. The summed E-state index contributed by atoms with van der Waals surface area (Å²) in [6.07, 6.45) is 3.28. The molecular formula is C3H6KNOS. The van der Waals surface area contributed by atoms with Crippen LogP contribution < -0.4 is 0 Å². The molecule has 0 aliphatic rings. The summed E-state index contributed by atoms with van der Waals surface area (Å²) >= 11 is -0.201. The molecule has 0 rings (SSSR count). The quantitative estimate of drug-likeness (QED) is 0.343. The van der Waals surface area contributed by atoms with Crippen molar-refractivity contribution in [2.24, 2.45) is 0 Å². The average molecular weight is 143 g/mol. The van der Waals surface area contributed by atoms with Crippen molar-refractivity contribution in [1.29, 1.82) is 5.26 Å². The first-order chi connectivity index (χ1) is 3.15. The van der Waals surface area contributed by atoms with Gasteiger partial charge in [-0.25, -0.2) is 0 Å². The first-order valence-corrected chi connectivity index (χ1v) is 5.23. The Labute approximate surface area is 81.0 Å². The zero-order valence-electron chi connectivity index (χ0n) is 4.76. The molecule has 0 unspecified atom stereocenters. The molecule has 0 spiro atoms. The van der Waals surface area contributed by atoms with Gasteiger partial charge in [0.2, 0.25) is 0 Å². The molecular weight excluding hydrogens is 137 g/mol. The van der Waals surface area contributed by atoms with E-state index in [1.807, 2.05) is 0.164 Å². The van der Waals surface area contributed by atoms with E-state index >= 15 is 0 Å². The Kier molecular flexibility index (Phi) is 16.8. The molecule has 0 radical (unpaired) electrons. The second-order valence-electron chi connectivity index (χ2n) is 0.965. The van der Waals surface area contributed by atoms with Crippen molar-refractivity contribution in [3.05, 3.63) is 0 Å². The van der Waals surface area contributed by atoms with Crippen molar-refractivity contribution < 1.29 is 4.55 Å². The van der Waals surface area contributed by atoms with E-state index in [1.165, 1.54) is 0 Å². The number of nitrogens with zero attached hydrogens (tertiary/aromatic N) is 1. The average Bonchev–Trinajstić information content (AvgIpc) is 1.33. The van der Waals surface area contributed by atoms with Crippen LogP contribution in [0.25, 0.3) is 0 Å². The van der Waals surface area contributed by atoms with Gasteiger partial charge in [0.25, 0.3) is 0 Å². The van der Waals surface area contributed by atoms with Crippen LogP contribution in [0.5, 0.6) is 0 Å². The van der Waals surface area contributed by atoms with E-state index in [0.29, 0.717) is 49.0 Å². The molecule has 0 saturated heterocycles. The summed E-state index contributed by atoms with van der Waals surface area (Å²) < 4.78 is 11.5. The van der Waals surface area contributed by atoms with Gasteiger partial charge >= 0.3 is 54.4 Å². The summed E-state index contributed by atoms with van der Waals surface area (Å²) in [5.74, 6) is 0. The fraction of sp³-hybridized carbons (Fsp3) is 0.667. The minimum atomic E-state index is -0.611. The van der Waals surface area contributed by atoms with E-state index < -0.39 is 11.2 Å². The monoisotopic (exact) mass is 143 g/mol. The summed E-state index contributed by atoms with van der Waals surface area (Å²) in [5.41, 5.74) is 0. The van der Waals surface area contributed by atoms with E-state index in [4.69, 9.17) is 5.26 Å². The van der Waals surface area contributed by atoms with Gasteiger partial charge in [-0.2, -0.15) is 0 Å². The van der Waals surface area contributed by atoms with Crippen molar-refractivity contribution in [2.75, 3.05) is 12.5 Å². The second-order valence-corrected chi connectivity index (χ2v) is 3.15. The van der Waals surface area contributed by atoms with Crippen LogP contribution in [0.1, 0.15) is 0 Å². The van der Waals surface area contributed by atoms with Gasteiger partial charge in [-0.15, -0.1) is 0 Å². The molecule has 4 heteroatoms. The molecule has 0 amide bonds. The van der Waals surface area contributed by atoms with Crippen molar-refractivity contribution >= 4 is 60.1 Å². The Hall–Kier alpha value is 1.44. The number of nitriles is 1. The van der Waals surface area contributed by atoms with Gasteiger partial charge in [0.15, 0.2) is 0 Å². The molecule has 0 bridgehead atoms. The molecule has 0 saturated carbocycles. The molecule has 0 aromatic carbocycles. The van der Waals surface area contributed by atoms with E-state index in [0.717, 1.165) is 0 Å². The third kappa shape index (κ3) is 107. The predicted octanol–water partition coefficient (Wildman–Crippen LogP) is -0.369. The molecule has 0 N–H and O–H groups in total. The van der Waals surface area contributed by atoms with Crippen LogP contribution >= 0.6 is 0 Å². The number of rotatable bonds is 0. The van der Waals surface area contributed by atoms with Gasteiger partial charge in [0, 0.05) is 0 Å². The van der Waals surface area contributed by atoms with E-state index in [1.54, 1.807) is 12.5 Å². The molecule has 0 aliphatic heterocycles. The van der Waals surface area contributed by atoms with Gasteiger partial charge in [-0.05, 0) is 0 Å². The Morgan fingerprint density at radius 3 is 1.71 bits per heavy atom. The van der Waals surface area contributed by atoms with E-state index in [2.05, 4.69) is 0 Å². The number of hydrogen-bond donors (Lipinski definition) is 0. The van der Waals surface area contributed by atoms with Crippen LogP contribution in [-0.4, -0.2) is 66.0 Å². The van der Waals surface area contributed by atoms with Crippen LogP contribution in [-0.2, 0) is 11.2 Å². The Bertz CT molecular complexity index is 57.7. The number of hydrogen-bond acceptors (Lipinski definition) is 2. The van der Waals surface area contributed by atoms with Gasteiger partial charge in [0.1, 0.15) is 0 Å². The molecule has 0 heterocycles. The molecule has 36 valence electrons. The van der Waals surface area contributed by atoms with Crippen molar-refractivity contribution in [3.8, 4) is 0.164 Å². The third-order valence-electron chi connectivity index (χ3n) is 0. The molecule has 0 aliphatic carbocycles. The van der Waals surface area contributed by atoms with Gasteiger partial charge in [-0.3, -0.25) is 0 Å². The van der Waals surface area contributed by atoms with Gasteiger partial charge in [-0.1, -0.05) is 11.2 Å². The second kappa shape index (κ2) is 10.4. The summed E-state index contributed by atoms with van der Waals surface area (Å²) in [5, 5.41) is 7.40. The van der Waals surface area contributed by atoms with Crippen molar-refractivity contribution in [1.82, 2.24) is 0 Å². The third-order valence-corrected chi connectivity index (χ3v) is 0. The summed E-state index contributed by atoms with van der Waals surface area (Å²) in [4.78, 5) is 0. The van der Waals surface area contributed by atoms with Crippen LogP contribution in [0.4, 0.5) is 0 Å². The zero-order valence-corrected chi connectivity index (χ0v) is 8.70. The molecule has 0 atom stereocenters. The Morgan fingerprint density at radius 2 is 1.71 bits per heavy atom. The maximum absolute atomic E-state index is 9.56. The summed E-state index contributed by atoms with van der Waals surface area (Å²) in [7, 11) is 0. The maximum atomic E-state index is 9.56. The van der Waals surface area contributed by atoms with Crippen molar-refractivity contribution in [2.45, 2.75) is 0 Å². The minimum absolute atomic E-state index is 0.410. The SMILES string of the molecule is C[S+](C)[O-].N#[C][K]. The first kappa shape index (κ1) is 11.3. The van der Waals surface area contributed by atoms with Crippen LogP contribution in [0.2, 0.25) is 0 Å². The predicted molar refractivity (Wildman–Crippen MR) is 31.4 cm³/mol. The normalized spacial score (nSPS) is 6.43. The topological polar surface area (TPSA) is 46.8 Å². The van der Waals surface area contributed by atoms with E-state index in [9.17, 15) is 4.55 Å². The van der Waals surface area contributed by atoms with E-state index in [-0.39, 0.29) is 0 Å². The molecule has 2 nitrogen and oxygen atoms in total. The first-order valence-electron chi connectivity index (χ1n) is 1.71. The van der Waals surface area contributed by atoms with Crippen LogP contribution in [0, 0.1) is 5.43 Å². The Morgan fingerprint density at radius 1 is 1.71 bits per heavy atom. The molecule has 0 fully saturated rings. The fourth-order valence-corrected chi connectivity index (χ4v) is 0. The van der Waals surface area contributed by atoms with Gasteiger partial charge in [0.05, 0.1) is 12.5 Å². The van der Waals surface area contributed by atoms with Crippen LogP contribution in [0.15, 0.2) is 0 Å². The summed E-state index contributed by atoms with van der Waals surface area (Å²) in [6.45, 7) is 0. The molecule has 0 aromatic rings. The van der Waals surface area contributed by atoms with Gasteiger partial charge < -0.3 is 4.55 Å². The zero-order chi connectivity index (χ0) is 6.28.